The number of amides is 1. The predicted octanol–water partition coefficient (Wildman–Crippen LogP) is 2.72. The molecule has 0 aliphatic heterocycles. The average molecular weight is 341 g/mol. The molecule has 0 saturated carbocycles. The summed E-state index contributed by atoms with van der Waals surface area (Å²) in [5.41, 5.74) is 2.29. The molecule has 0 radical (unpaired) electrons. The van der Waals surface area contributed by atoms with E-state index in [4.69, 9.17) is 0 Å². The number of imidazole rings is 1. The van der Waals surface area contributed by atoms with Crippen LogP contribution < -0.4 is 0 Å². The van der Waals surface area contributed by atoms with Gasteiger partial charge >= 0.3 is 0 Å². The van der Waals surface area contributed by atoms with Crippen molar-refractivity contribution in [1.82, 2.24) is 14.5 Å². The number of halogens is 1. The van der Waals surface area contributed by atoms with Crippen LogP contribution in [0.25, 0.3) is 11.0 Å². The van der Waals surface area contributed by atoms with E-state index in [1.807, 2.05) is 31.2 Å². The molecule has 130 valence electrons. The second-order valence-corrected chi connectivity index (χ2v) is 5.80. The molecule has 0 saturated heterocycles. The van der Waals surface area contributed by atoms with Crippen LogP contribution in [0.2, 0.25) is 0 Å². The van der Waals surface area contributed by atoms with Crippen molar-refractivity contribution in [1.29, 1.82) is 0 Å². The number of hydrogen-bond acceptors (Lipinski definition) is 3. The Morgan fingerprint density at radius 1 is 1.24 bits per heavy atom. The van der Waals surface area contributed by atoms with E-state index >= 15 is 0 Å². The summed E-state index contributed by atoms with van der Waals surface area (Å²) < 4.78 is 15.1. The maximum atomic E-state index is 13.4. The third kappa shape index (κ3) is 3.69. The Morgan fingerprint density at radius 2 is 2.04 bits per heavy atom. The van der Waals surface area contributed by atoms with Crippen molar-refractivity contribution in [2.45, 2.75) is 26.6 Å². The number of aliphatic hydroxyl groups is 1. The SMILES string of the molecule is CCN(Cc1cccc(F)c1)C(=O)Cn1c(CO)nc2ccccc21. The number of carbonyl (C=O) groups is 1. The van der Waals surface area contributed by atoms with Crippen molar-refractivity contribution in [3.8, 4) is 0 Å². The van der Waals surface area contributed by atoms with E-state index in [0.717, 1.165) is 16.6 Å². The molecule has 0 aliphatic rings. The van der Waals surface area contributed by atoms with E-state index in [-0.39, 0.29) is 24.9 Å². The zero-order valence-corrected chi connectivity index (χ0v) is 14.0. The van der Waals surface area contributed by atoms with Crippen LogP contribution in [0.1, 0.15) is 18.3 Å². The van der Waals surface area contributed by atoms with Crippen molar-refractivity contribution in [2.75, 3.05) is 6.54 Å². The van der Waals surface area contributed by atoms with Crippen molar-refractivity contribution in [3.05, 3.63) is 65.7 Å². The molecule has 1 amide bonds. The summed E-state index contributed by atoms with van der Waals surface area (Å²) in [6.45, 7) is 2.58. The zero-order chi connectivity index (χ0) is 17.8. The van der Waals surface area contributed by atoms with E-state index in [1.165, 1.54) is 12.1 Å². The van der Waals surface area contributed by atoms with Crippen LogP contribution in [-0.2, 0) is 24.5 Å². The number of rotatable bonds is 6. The van der Waals surface area contributed by atoms with Gasteiger partial charge in [0.2, 0.25) is 5.91 Å². The summed E-state index contributed by atoms with van der Waals surface area (Å²) in [5.74, 6) is 0.0325. The maximum absolute atomic E-state index is 13.4. The van der Waals surface area contributed by atoms with Crippen LogP contribution in [0.3, 0.4) is 0 Å². The zero-order valence-electron chi connectivity index (χ0n) is 14.0. The van der Waals surface area contributed by atoms with Gasteiger partial charge in [-0.3, -0.25) is 4.79 Å². The minimum Gasteiger partial charge on any atom is -0.388 e. The number of aliphatic hydroxyl groups excluding tert-OH is 1. The Hall–Kier alpha value is -2.73. The number of fused-ring (bicyclic) bond motifs is 1. The minimum absolute atomic E-state index is 0.0829. The smallest absolute Gasteiger partial charge is 0.242 e. The van der Waals surface area contributed by atoms with E-state index < -0.39 is 0 Å². The van der Waals surface area contributed by atoms with Gasteiger partial charge in [0.25, 0.3) is 0 Å². The van der Waals surface area contributed by atoms with Crippen molar-refractivity contribution in [2.24, 2.45) is 0 Å². The third-order valence-corrected chi connectivity index (χ3v) is 4.17. The van der Waals surface area contributed by atoms with Crippen LogP contribution in [0.5, 0.6) is 0 Å². The van der Waals surface area contributed by atoms with Gasteiger partial charge in [0, 0.05) is 13.1 Å². The number of benzene rings is 2. The molecule has 25 heavy (non-hydrogen) atoms. The van der Waals surface area contributed by atoms with Crippen LogP contribution >= 0.6 is 0 Å². The first-order chi connectivity index (χ1) is 12.1. The standard InChI is InChI=1S/C19H20FN3O2/c1-2-22(11-14-6-5-7-15(20)10-14)19(25)12-23-17-9-4-3-8-16(17)21-18(23)13-24/h3-10,24H,2,11-13H2,1H3. The highest BCUT2D eigenvalue weighted by Gasteiger charge is 2.17. The molecule has 1 aromatic heterocycles. The summed E-state index contributed by atoms with van der Waals surface area (Å²) in [5, 5.41) is 9.54. The molecule has 3 rings (SSSR count). The van der Waals surface area contributed by atoms with Gasteiger partial charge in [0.15, 0.2) is 0 Å². The average Bonchev–Trinajstić information content (AvgIpc) is 2.97. The van der Waals surface area contributed by atoms with Gasteiger partial charge in [-0.25, -0.2) is 9.37 Å². The van der Waals surface area contributed by atoms with E-state index in [9.17, 15) is 14.3 Å². The molecule has 3 aromatic rings. The second-order valence-electron chi connectivity index (χ2n) is 5.80. The molecule has 1 N–H and O–H groups in total. The second kappa shape index (κ2) is 7.44. The first-order valence-corrected chi connectivity index (χ1v) is 8.19. The van der Waals surface area contributed by atoms with E-state index in [0.29, 0.717) is 18.9 Å². The maximum Gasteiger partial charge on any atom is 0.242 e. The highest BCUT2D eigenvalue weighted by atomic mass is 19.1. The van der Waals surface area contributed by atoms with Gasteiger partial charge in [0.05, 0.1) is 11.0 Å². The lowest BCUT2D eigenvalue weighted by atomic mass is 10.2. The number of likely N-dealkylation sites (N-methyl/N-ethyl adjacent to an activating group) is 1. The molecule has 0 bridgehead atoms. The Bertz CT molecular complexity index is 891. The Labute approximate surface area is 145 Å². The highest BCUT2D eigenvalue weighted by molar-refractivity contribution is 5.81. The van der Waals surface area contributed by atoms with Gasteiger partial charge in [0.1, 0.15) is 24.8 Å². The lowest BCUT2D eigenvalue weighted by molar-refractivity contribution is -0.132. The molecule has 0 atom stereocenters. The van der Waals surface area contributed by atoms with Crippen molar-refractivity contribution >= 4 is 16.9 Å². The summed E-state index contributed by atoms with van der Waals surface area (Å²) in [6.07, 6.45) is 0. The summed E-state index contributed by atoms with van der Waals surface area (Å²) in [7, 11) is 0. The van der Waals surface area contributed by atoms with Gasteiger partial charge in [-0.05, 0) is 36.8 Å². The fourth-order valence-corrected chi connectivity index (χ4v) is 2.89. The monoisotopic (exact) mass is 341 g/mol. The van der Waals surface area contributed by atoms with Crippen LogP contribution in [0.4, 0.5) is 4.39 Å². The fourth-order valence-electron chi connectivity index (χ4n) is 2.89. The molecular weight excluding hydrogens is 321 g/mol. The normalized spacial score (nSPS) is 11.0. The highest BCUT2D eigenvalue weighted by Crippen LogP contribution is 2.17. The Kier molecular flexibility index (Phi) is 5.09. The lowest BCUT2D eigenvalue weighted by Crippen LogP contribution is -2.33. The lowest BCUT2D eigenvalue weighted by Gasteiger charge is -2.22. The van der Waals surface area contributed by atoms with Gasteiger partial charge in [-0.2, -0.15) is 0 Å². The molecule has 0 unspecified atom stereocenters. The molecule has 0 fully saturated rings. The number of hydrogen-bond donors (Lipinski definition) is 1. The topological polar surface area (TPSA) is 58.4 Å². The van der Waals surface area contributed by atoms with E-state index in [2.05, 4.69) is 4.98 Å². The number of nitrogens with zero attached hydrogens (tertiary/aromatic N) is 3. The Balaban J connectivity index is 1.83. The fraction of sp³-hybridized carbons (Fsp3) is 0.263. The van der Waals surface area contributed by atoms with E-state index in [1.54, 1.807) is 21.6 Å². The predicted molar refractivity (Wildman–Crippen MR) is 93.1 cm³/mol. The number of carbonyl (C=O) groups excluding carboxylic acids is 1. The third-order valence-electron chi connectivity index (χ3n) is 4.17. The molecule has 1 heterocycles. The van der Waals surface area contributed by atoms with Gasteiger partial charge < -0.3 is 14.6 Å². The van der Waals surface area contributed by atoms with Gasteiger partial charge in [-0.15, -0.1) is 0 Å². The van der Waals surface area contributed by atoms with Crippen LogP contribution in [-0.4, -0.2) is 32.0 Å². The number of aromatic nitrogens is 2. The minimum atomic E-state index is -0.316. The van der Waals surface area contributed by atoms with Gasteiger partial charge in [-0.1, -0.05) is 24.3 Å². The quantitative estimate of drug-likeness (QED) is 0.750. The Morgan fingerprint density at radius 3 is 2.76 bits per heavy atom. The molecule has 6 heteroatoms. The molecular formula is C19H20FN3O2. The largest absolute Gasteiger partial charge is 0.388 e. The van der Waals surface area contributed by atoms with Crippen LogP contribution in [0, 0.1) is 5.82 Å². The first kappa shape index (κ1) is 17.1. The molecule has 0 spiro atoms. The first-order valence-electron chi connectivity index (χ1n) is 8.19. The summed E-state index contributed by atoms with van der Waals surface area (Å²) in [4.78, 5) is 18.8. The van der Waals surface area contributed by atoms with Crippen molar-refractivity contribution in [3.63, 3.8) is 0 Å². The number of para-hydroxylation sites is 2. The molecule has 5 nitrogen and oxygen atoms in total. The summed E-state index contributed by atoms with van der Waals surface area (Å²) in [6, 6.07) is 13.7. The van der Waals surface area contributed by atoms with Crippen LogP contribution in [0.15, 0.2) is 48.5 Å². The summed E-state index contributed by atoms with van der Waals surface area (Å²) >= 11 is 0. The van der Waals surface area contributed by atoms with Crippen molar-refractivity contribution < 1.29 is 14.3 Å². The molecule has 0 aliphatic carbocycles. The molecule has 2 aromatic carbocycles.